The Morgan fingerprint density at radius 1 is 1.03 bits per heavy atom. The zero-order chi connectivity index (χ0) is 26.3. The third-order valence-electron chi connectivity index (χ3n) is 6.80. The maximum absolute atomic E-state index is 15.1. The summed E-state index contributed by atoms with van der Waals surface area (Å²) in [7, 11) is 0. The lowest BCUT2D eigenvalue weighted by Crippen LogP contribution is -2.30. The minimum Gasteiger partial charge on any atom is -0.462 e. The summed E-state index contributed by atoms with van der Waals surface area (Å²) in [5.74, 6) is -1.68. The topological polar surface area (TPSA) is 76.8 Å². The molecule has 0 aliphatic carbocycles. The lowest BCUT2D eigenvalue weighted by molar-refractivity contribution is 0.0499. The molecule has 0 radical (unpaired) electrons. The summed E-state index contributed by atoms with van der Waals surface area (Å²) in [6, 6.07) is 14.8. The number of unbranched alkanes of at least 4 members (excludes halogenated alkanes) is 1. The Morgan fingerprint density at radius 2 is 1.73 bits per heavy atom. The highest BCUT2D eigenvalue weighted by atomic mass is 19.1. The fourth-order valence-electron chi connectivity index (χ4n) is 4.64. The van der Waals surface area contributed by atoms with Crippen molar-refractivity contribution in [2.45, 2.75) is 39.7 Å². The number of rotatable bonds is 6. The van der Waals surface area contributed by atoms with E-state index >= 15 is 4.39 Å². The average Bonchev–Trinajstić information content (AvgIpc) is 3.18. The summed E-state index contributed by atoms with van der Waals surface area (Å²) >= 11 is 0. The van der Waals surface area contributed by atoms with E-state index in [0.29, 0.717) is 28.8 Å². The summed E-state index contributed by atoms with van der Waals surface area (Å²) in [4.78, 5) is 41.2. The molecule has 0 saturated carbocycles. The van der Waals surface area contributed by atoms with Crippen molar-refractivity contribution in [3.8, 4) is 0 Å². The molecule has 1 aliphatic heterocycles. The summed E-state index contributed by atoms with van der Waals surface area (Å²) in [6.45, 7) is 6.12. The van der Waals surface area contributed by atoms with Crippen molar-refractivity contribution >= 4 is 28.5 Å². The van der Waals surface area contributed by atoms with E-state index in [1.807, 2.05) is 20.8 Å². The van der Waals surface area contributed by atoms with Crippen LogP contribution in [0.5, 0.6) is 0 Å². The predicted octanol–water partition coefficient (Wildman–Crippen LogP) is 6.26. The van der Waals surface area contributed by atoms with E-state index in [-0.39, 0.29) is 22.3 Å². The first-order chi connectivity index (χ1) is 17.8. The van der Waals surface area contributed by atoms with Crippen molar-refractivity contribution < 1.29 is 23.1 Å². The molecular weight excluding hydrogens is 473 g/mol. The van der Waals surface area contributed by atoms with Gasteiger partial charge in [-0.25, -0.2) is 9.18 Å². The molecule has 0 N–H and O–H groups in total. The number of halogens is 1. The molecule has 0 bridgehead atoms. The number of hydrogen-bond acceptors (Lipinski definition) is 5. The number of fused-ring (bicyclic) bond motifs is 2. The number of carbonyl (C=O) groups excluding carboxylic acids is 2. The fraction of sp³-hybridized carbons (Fsp3) is 0.233. The van der Waals surface area contributed by atoms with Crippen molar-refractivity contribution in [1.82, 2.24) is 0 Å². The van der Waals surface area contributed by atoms with Gasteiger partial charge in [-0.15, -0.1) is 0 Å². The van der Waals surface area contributed by atoms with Crippen molar-refractivity contribution in [3.05, 3.63) is 110 Å². The van der Waals surface area contributed by atoms with Gasteiger partial charge in [-0.05, 0) is 73.9 Å². The minimum absolute atomic E-state index is 0.0916. The second-order valence-corrected chi connectivity index (χ2v) is 9.24. The van der Waals surface area contributed by atoms with Crippen LogP contribution in [0.25, 0.3) is 11.0 Å². The number of benzene rings is 3. The van der Waals surface area contributed by atoms with Gasteiger partial charge in [0.1, 0.15) is 11.4 Å². The Morgan fingerprint density at radius 3 is 2.43 bits per heavy atom. The highest BCUT2D eigenvalue weighted by molar-refractivity contribution is 6.11. The van der Waals surface area contributed by atoms with E-state index in [1.54, 1.807) is 54.6 Å². The Kier molecular flexibility index (Phi) is 6.38. The molecule has 37 heavy (non-hydrogen) atoms. The number of anilines is 1. The SMILES string of the molecule is CCCCOC(=O)c1ccc(N2C(=O)c3oc4cc(C)c(C)cc4c(=O)c3C2c2ccccc2F)cc1. The van der Waals surface area contributed by atoms with E-state index in [0.717, 1.165) is 24.0 Å². The molecule has 0 fully saturated rings. The Bertz CT molecular complexity index is 1590. The van der Waals surface area contributed by atoms with Gasteiger partial charge in [-0.2, -0.15) is 0 Å². The molecular formula is C30H26FNO5. The molecule has 2 heterocycles. The number of esters is 1. The Hall–Kier alpha value is -4.26. The molecule has 1 amide bonds. The third kappa shape index (κ3) is 4.20. The monoisotopic (exact) mass is 499 g/mol. The van der Waals surface area contributed by atoms with Crippen LogP contribution in [0, 0.1) is 19.7 Å². The van der Waals surface area contributed by atoms with E-state index in [4.69, 9.17) is 9.15 Å². The number of hydrogen-bond donors (Lipinski definition) is 0. The standard InChI is InChI=1S/C30H26FNO5/c1-4-5-14-36-30(35)19-10-12-20(13-11-19)32-26(21-8-6-7-9-23(21)31)25-27(33)22-15-17(2)18(3)16-24(22)37-28(25)29(32)34/h6-13,15-16,26H,4-5,14H2,1-3H3. The number of ether oxygens (including phenoxy) is 1. The number of carbonyl (C=O) groups is 2. The quantitative estimate of drug-likeness (QED) is 0.231. The molecule has 1 aromatic heterocycles. The molecule has 5 rings (SSSR count). The first-order valence-corrected chi connectivity index (χ1v) is 12.2. The van der Waals surface area contributed by atoms with Crippen LogP contribution in [0.3, 0.4) is 0 Å². The third-order valence-corrected chi connectivity index (χ3v) is 6.80. The van der Waals surface area contributed by atoms with Gasteiger partial charge in [-0.1, -0.05) is 31.5 Å². The highest BCUT2D eigenvalue weighted by Crippen LogP contribution is 2.42. The van der Waals surface area contributed by atoms with Gasteiger partial charge < -0.3 is 9.15 Å². The lowest BCUT2D eigenvalue weighted by Gasteiger charge is -2.25. The van der Waals surface area contributed by atoms with Crippen LogP contribution in [0.1, 0.15) is 69.0 Å². The van der Waals surface area contributed by atoms with Gasteiger partial charge in [0.05, 0.1) is 29.2 Å². The smallest absolute Gasteiger partial charge is 0.338 e. The normalized spacial score (nSPS) is 14.8. The van der Waals surface area contributed by atoms with Crippen LogP contribution in [0.15, 0.2) is 69.9 Å². The summed E-state index contributed by atoms with van der Waals surface area (Å²) in [6.07, 6.45) is 1.67. The largest absolute Gasteiger partial charge is 0.462 e. The van der Waals surface area contributed by atoms with Crippen LogP contribution >= 0.6 is 0 Å². The van der Waals surface area contributed by atoms with Gasteiger partial charge in [0, 0.05) is 11.3 Å². The molecule has 188 valence electrons. The number of nitrogens with zero attached hydrogens (tertiary/aromatic N) is 1. The van der Waals surface area contributed by atoms with E-state index in [2.05, 4.69) is 0 Å². The van der Waals surface area contributed by atoms with Crippen molar-refractivity contribution in [2.75, 3.05) is 11.5 Å². The van der Waals surface area contributed by atoms with Crippen LogP contribution in [-0.2, 0) is 4.74 Å². The van der Waals surface area contributed by atoms with Crippen LogP contribution < -0.4 is 10.3 Å². The van der Waals surface area contributed by atoms with E-state index in [9.17, 15) is 14.4 Å². The zero-order valence-electron chi connectivity index (χ0n) is 20.8. The van der Waals surface area contributed by atoms with Gasteiger partial charge in [0.15, 0.2) is 5.43 Å². The second kappa shape index (κ2) is 9.65. The molecule has 6 nitrogen and oxygen atoms in total. The molecule has 1 aliphatic rings. The van der Waals surface area contributed by atoms with Gasteiger partial charge in [0.2, 0.25) is 5.76 Å². The minimum atomic E-state index is -1.03. The van der Waals surface area contributed by atoms with E-state index < -0.39 is 23.7 Å². The van der Waals surface area contributed by atoms with Gasteiger partial charge in [-0.3, -0.25) is 14.5 Å². The van der Waals surface area contributed by atoms with Gasteiger partial charge in [0.25, 0.3) is 5.91 Å². The molecule has 0 saturated heterocycles. The lowest BCUT2D eigenvalue weighted by atomic mass is 9.97. The molecule has 1 unspecified atom stereocenters. The fourth-order valence-corrected chi connectivity index (χ4v) is 4.64. The Balaban J connectivity index is 1.65. The second-order valence-electron chi connectivity index (χ2n) is 9.24. The molecule has 3 aromatic carbocycles. The molecule has 7 heteroatoms. The maximum atomic E-state index is 15.1. The summed E-state index contributed by atoms with van der Waals surface area (Å²) < 4.78 is 26.4. The van der Waals surface area contributed by atoms with E-state index in [1.165, 1.54) is 11.0 Å². The molecule has 4 aromatic rings. The highest BCUT2D eigenvalue weighted by Gasteiger charge is 2.44. The maximum Gasteiger partial charge on any atom is 0.338 e. The molecule has 0 spiro atoms. The first-order valence-electron chi connectivity index (χ1n) is 12.2. The average molecular weight is 500 g/mol. The van der Waals surface area contributed by atoms with Crippen LogP contribution in [0.4, 0.5) is 10.1 Å². The van der Waals surface area contributed by atoms with Crippen molar-refractivity contribution in [2.24, 2.45) is 0 Å². The zero-order valence-corrected chi connectivity index (χ0v) is 20.8. The Labute approximate surface area is 213 Å². The van der Waals surface area contributed by atoms with Crippen molar-refractivity contribution in [1.29, 1.82) is 0 Å². The predicted molar refractivity (Wildman–Crippen MR) is 139 cm³/mol. The number of aryl methyl sites for hydroxylation is 2. The first kappa shape index (κ1) is 24.4. The van der Waals surface area contributed by atoms with Crippen LogP contribution in [-0.4, -0.2) is 18.5 Å². The van der Waals surface area contributed by atoms with Gasteiger partial charge >= 0.3 is 5.97 Å². The van der Waals surface area contributed by atoms with Crippen LogP contribution in [0.2, 0.25) is 0 Å². The summed E-state index contributed by atoms with van der Waals surface area (Å²) in [5, 5.41) is 0.336. The number of amides is 1. The van der Waals surface area contributed by atoms with Crippen molar-refractivity contribution in [3.63, 3.8) is 0 Å². The molecule has 1 atom stereocenters. The summed E-state index contributed by atoms with van der Waals surface area (Å²) in [5.41, 5.74) is 2.75.